The molecule has 0 unspecified atom stereocenters. The molecule has 5 heteroatoms. The van der Waals surface area contributed by atoms with E-state index in [1.807, 2.05) is 12.1 Å². The molecule has 0 aliphatic rings. The molecular formula is C9H15B2NO2. The number of hydrogen-bond acceptors (Lipinski definition) is 3. The van der Waals surface area contributed by atoms with Gasteiger partial charge in [0.15, 0.2) is 0 Å². The Balaban J connectivity index is 2.64. The average Bonchev–Trinajstić information content (AvgIpc) is 2.18. The van der Waals surface area contributed by atoms with E-state index in [0.717, 1.165) is 19.3 Å². The van der Waals surface area contributed by atoms with Crippen LogP contribution in [0.3, 0.4) is 0 Å². The molecule has 0 saturated heterocycles. The van der Waals surface area contributed by atoms with E-state index in [9.17, 15) is 0 Å². The predicted octanol–water partition coefficient (Wildman–Crippen LogP) is -1.32. The van der Waals surface area contributed by atoms with Gasteiger partial charge in [-0.3, -0.25) is 0 Å². The van der Waals surface area contributed by atoms with Gasteiger partial charge in [-0.15, -0.1) is 0 Å². The quantitative estimate of drug-likeness (QED) is 0.517. The van der Waals surface area contributed by atoms with E-state index in [1.165, 1.54) is 0 Å². The van der Waals surface area contributed by atoms with Gasteiger partial charge in [-0.25, -0.2) is 0 Å². The van der Waals surface area contributed by atoms with Gasteiger partial charge in [-0.2, -0.15) is 0 Å². The van der Waals surface area contributed by atoms with Gasteiger partial charge in [0, 0.05) is 0 Å². The first-order chi connectivity index (χ1) is 6.63. The molecule has 3 nitrogen and oxygen atoms in total. The summed E-state index contributed by atoms with van der Waals surface area (Å²) >= 11 is 0. The molecule has 0 aromatic heterocycles. The minimum Gasteiger partial charge on any atom is -0.423 e. The molecule has 14 heavy (non-hydrogen) atoms. The number of hydrogen-bond donors (Lipinski definition) is 3. The number of nitrogens with two attached hydrogens (primary N) is 1. The molecule has 1 aromatic carbocycles. The molecule has 74 valence electrons. The van der Waals surface area contributed by atoms with Gasteiger partial charge in [-0.05, 0) is 23.4 Å². The lowest BCUT2D eigenvalue weighted by Gasteiger charge is -2.08. The summed E-state index contributed by atoms with van der Waals surface area (Å²) in [7, 11) is -0.436. The minimum atomic E-state index is -1.39. The highest BCUT2D eigenvalue weighted by Gasteiger charge is 2.10. The summed E-state index contributed by atoms with van der Waals surface area (Å²) in [4.78, 5) is 0. The fourth-order valence-corrected chi connectivity index (χ4v) is 1.27. The summed E-state index contributed by atoms with van der Waals surface area (Å²) in [5.41, 5.74) is 7.45. The molecule has 0 bridgehead atoms. The van der Waals surface area contributed by atoms with Gasteiger partial charge in [0.25, 0.3) is 0 Å². The zero-order valence-corrected chi connectivity index (χ0v) is 8.35. The van der Waals surface area contributed by atoms with Gasteiger partial charge >= 0.3 is 7.12 Å². The molecule has 0 aliphatic carbocycles. The van der Waals surface area contributed by atoms with Crippen LogP contribution in [0.2, 0.25) is 6.82 Å². The molecule has 0 saturated carbocycles. The first kappa shape index (κ1) is 11.3. The summed E-state index contributed by atoms with van der Waals surface area (Å²) in [6.07, 6.45) is 0.832. The van der Waals surface area contributed by atoms with E-state index in [2.05, 4.69) is 6.82 Å². The molecule has 0 amide bonds. The van der Waals surface area contributed by atoms with Crippen LogP contribution in [0.4, 0.5) is 0 Å². The molecule has 0 fully saturated rings. The highest BCUT2D eigenvalue weighted by Crippen LogP contribution is 2.00. The Morgan fingerprint density at radius 3 is 2.36 bits per heavy atom. The van der Waals surface area contributed by atoms with Crippen molar-refractivity contribution in [3.63, 3.8) is 0 Å². The monoisotopic (exact) mass is 191 g/mol. The standard InChI is InChI=1S/C9H15B2NO2/c1-10-9(12)6-7-2-4-8(5-3-7)11(13)14/h2-5,9-10,13-14H,6,12H2,1H3/t9-/m0/s1. The summed E-state index contributed by atoms with van der Waals surface area (Å²) < 4.78 is 0. The highest BCUT2D eigenvalue weighted by molar-refractivity contribution is 6.58. The molecule has 1 aromatic rings. The van der Waals surface area contributed by atoms with Crippen molar-refractivity contribution in [1.82, 2.24) is 0 Å². The smallest absolute Gasteiger partial charge is 0.423 e. The van der Waals surface area contributed by atoms with E-state index in [1.54, 1.807) is 12.1 Å². The maximum Gasteiger partial charge on any atom is 0.488 e. The van der Waals surface area contributed by atoms with Crippen molar-refractivity contribution < 1.29 is 10.0 Å². The maximum atomic E-state index is 8.87. The zero-order chi connectivity index (χ0) is 10.6. The van der Waals surface area contributed by atoms with E-state index in [4.69, 9.17) is 15.8 Å². The van der Waals surface area contributed by atoms with Gasteiger partial charge in [0.05, 0.1) is 0 Å². The second kappa shape index (κ2) is 5.20. The summed E-state index contributed by atoms with van der Waals surface area (Å²) in [5.74, 6) is 0.180. The Labute approximate surface area is 85.3 Å². The second-order valence-electron chi connectivity index (χ2n) is 3.49. The van der Waals surface area contributed by atoms with Gasteiger partial charge < -0.3 is 15.8 Å². The van der Waals surface area contributed by atoms with Gasteiger partial charge in [-0.1, -0.05) is 31.1 Å². The van der Waals surface area contributed by atoms with Crippen molar-refractivity contribution in [2.75, 3.05) is 0 Å². The normalized spacial score (nSPS) is 12.3. The Morgan fingerprint density at radius 2 is 1.93 bits per heavy atom. The Hall–Kier alpha value is -0.770. The lowest BCUT2D eigenvalue weighted by Crippen LogP contribution is -2.30. The molecule has 0 spiro atoms. The molecular weight excluding hydrogens is 176 g/mol. The van der Waals surface area contributed by atoms with Crippen molar-refractivity contribution in [3.05, 3.63) is 29.8 Å². The van der Waals surface area contributed by atoms with Crippen molar-refractivity contribution in [3.8, 4) is 0 Å². The predicted molar refractivity (Wildman–Crippen MR) is 61.0 cm³/mol. The van der Waals surface area contributed by atoms with Crippen molar-refractivity contribution in [2.45, 2.75) is 19.2 Å². The van der Waals surface area contributed by atoms with Crippen LogP contribution in [0, 0.1) is 0 Å². The third kappa shape index (κ3) is 3.18. The van der Waals surface area contributed by atoms with Crippen LogP contribution in [0.1, 0.15) is 5.56 Å². The number of rotatable bonds is 4. The van der Waals surface area contributed by atoms with E-state index < -0.39 is 7.12 Å². The fourth-order valence-electron chi connectivity index (χ4n) is 1.27. The second-order valence-corrected chi connectivity index (χ2v) is 3.49. The summed E-state index contributed by atoms with van der Waals surface area (Å²) in [5, 5.41) is 17.7. The van der Waals surface area contributed by atoms with Gasteiger partial charge in [0.1, 0.15) is 7.28 Å². The van der Waals surface area contributed by atoms with Crippen LogP contribution in [0.15, 0.2) is 24.3 Å². The fraction of sp³-hybridized carbons (Fsp3) is 0.333. The van der Waals surface area contributed by atoms with Crippen LogP contribution in [-0.4, -0.2) is 30.4 Å². The molecule has 0 aliphatic heterocycles. The molecule has 0 radical (unpaired) electrons. The van der Waals surface area contributed by atoms with Crippen LogP contribution >= 0.6 is 0 Å². The van der Waals surface area contributed by atoms with Crippen LogP contribution in [0.5, 0.6) is 0 Å². The third-order valence-electron chi connectivity index (χ3n) is 2.30. The lowest BCUT2D eigenvalue weighted by molar-refractivity contribution is 0.426. The minimum absolute atomic E-state index is 0.180. The SMILES string of the molecule is CB[C@@H](N)Cc1ccc(B(O)O)cc1. The topological polar surface area (TPSA) is 66.5 Å². The molecule has 4 N–H and O–H groups in total. The van der Waals surface area contributed by atoms with Crippen molar-refractivity contribution in [1.29, 1.82) is 0 Å². The molecule has 1 atom stereocenters. The molecule has 0 heterocycles. The average molecular weight is 191 g/mol. The number of benzene rings is 1. The van der Waals surface area contributed by atoms with E-state index in [0.29, 0.717) is 5.46 Å². The first-order valence-corrected chi connectivity index (χ1v) is 4.84. The van der Waals surface area contributed by atoms with Crippen LogP contribution < -0.4 is 11.2 Å². The van der Waals surface area contributed by atoms with Crippen LogP contribution in [0.25, 0.3) is 0 Å². The largest absolute Gasteiger partial charge is 0.488 e. The Bertz CT molecular complexity index is 277. The van der Waals surface area contributed by atoms with Gasteiger partial charge in [0.2, 0.25) is 0 Å². The maximum absolute atomic E-state index is 8.87. The van der Waals surface area contributed by atoms with E-state index >= 15 is 0 Å². The van der Waals surface area contributed by atoms with E-state index in [-0.39, 0.29) is 5.94 Å². The third-order valence-corrected chi connectivity index (χ3v) is 2.30. The van der Waals surface area contributed by atoms with Crippen LogP contribution in [-0.2, 0) is 6.42 Å². The van der Waals surface area contributed by atoms with Crippen molar-refractivity contribution >= 4 is 19.9 Å². The lowest BCUT2D eigenvalue weighted by atomic mass is 9.70. The highest BCUT2D eigenvalue weighted by atomic mass is 16.4. The van der Waals surface area contributed by atoms with Crippen molar-refractivity contribution in [2.24, 2.45) is 5.73 Å². The Morgan fingerprint density at radius 1 is 1.36 bits per heavy atom. The first-order valence-electron chi connectivity index (χ1n) is 4.84. The Kier molecular flexibility index (Phi) is 4.20. The summed E-state index contributed by atoms with van der Waals surface area (Å²) in [6, 6.07) is 7.18. The summed E-state index contributed by atoms with van der Waals surface area (Å²) in [6.45, 7) is 2.05. The zero-order valence-electron chi connectivity index (χ0n) is 8.35. The molecule has 1 rings (SSSR count).